The number of pyridine rings is 1. The molecule has 0 saturated carbocycles. The second-order valence-corrected chi connectivity index (χ2v) is 4.60. The second-order valence-electron chi connectivity index (χ2n) is 4.60. The van der Waals surface area contributed by atoms with Crippen LogP contribution in [-0.2, 0) is 6.54 Å². The van der Waals surface area contributed by atoms with Gasteiger partial charge < -0.3 is 5.32 Å². The number of halogens is 1. The number of aromatic nitrogens is 1. The summed E-state index contributed by atoms with van der Waals surface area (Å²) in [5, 5.41) is 3.18. The van der Waals surface area contributed by atoms with E-state index in [4.69, 9.17) is 0 Å². The van der Waals surface area contributed by atoms with Gasteiger partial charge in [0.25, 0.3) is 0 Å². The van der Waals surface area contributed by atoms with Crippen LogP contribution >= 0.6 is 0 Å². The largest absolute Gasteiger partial charge is 0.311 e. The van der Waals surface area contributed by atoms with Gasteiger partial charge >= 0.3 is 0 Å². The lowest BCUT2D eigenvalue weighted by atomic mass is 9.97. The number of rotatable bonds is 3. The molecule has 2 nitrogen and oxygen atoms in total. The third-order valence-corrected chi connectivity index (χ3v) is 1.78. The highest BCUT2D eigenvalue weighted by Gasteiger charge is 2.09. The highest BCUT2D eigenvalue weighted by Crippen LogP contribution is 2.11. The molecule has 0 aliphatic carbocycles. The Bertz CT molecular complexity index is 292. The first-order valence-corrected chi connectivity index (χ1v) is 4.79. The van der Waals surface area contributed by atoms with Crippen molar-refractivity contribution in [1.82, 2.24) is 10.3 Å². The normalized spacial score (nSPS) is 11.7. The van der Waals surface area contributed by atoms with E-state index in [9.17, 15) is 4.39 Å². The quantitative estimate of drug-likeness (QED) is 0.802. The molecule has 3 heteroatoms. The Morgan fingerprint density at radius 3 is 2.71 bits per heavy atom. The molecule has 1 aromatic heterocycles. The van der Waals surface area contributed by atoms with E-state index in [0.29, 0.717) is 12.2 Å². The Hall–Kier alpha value is -0.960. The third-order valence-electron chi connectivity index (χ3n) is 1.78. The van der Waals surface area contributed by atoms with Crippen molar-refractivity contribution in [2.45, 2.75) is 27.3 Å². The van der Waals surface area contributed by atoms with Crippen molar-refractivity contribution in [3.05, 3.63) is 29.8 Å². The maximum Gasteiger partial charge on any atom is 0.146 e. The summed E-state index contributed by atoms with van der Waals surface area (Å²) in [5.41, 5.74) is 0.697. The maximum absolute atomic E-state index is 13.1. The van der Waals surface area contributed by atoms with E-state index in [1.165, 1.54) is 6.07 Å². The Balaban J connectivity index is 2.43. The fourth-order valence-electron chi connectivity index (χ4n) is 1.10. The molecular weight excluding hydrogens is 179 g/mol. The molecular formula is C11H17FN2. The summed E-state index contributed by atoms with van der Waals surface area (Å²) in [5.74, 6) is -0.242. The van der Waals surface area contributed by atoms with E-state index in [-0.39, 0.29) is 11.2 Å². The lowest BCUT2D eigenvalue weighted by Crippen LogP contribution is -2.27. The molecule has 0 aromatic carbocycles. The number of nitrogens with one attached hydrogen (secondary N) is 1. The molecule has 78 valence electrons. The monoisotopic (exact) mass is 196 g/mol. The van der Waals surface area contributed by atoms with Crippen LogP contribution in [0.2, 0.25) is 0 Å². The standard InChI is InChI=1S/C11H17FN2/c1-11(2,3)8-13-7-10-9(12)5-4-6-14-10/h4-6,13H,7-8H2,1-3H3. The molecule has 0 unspecified atom stereocenters. The van der Waals surface area contributed by atoms with Gasteiger partial charge in [-0.2, -0.15) is 0 Å². The van der Waals surface area contributed by atoms with Gasteiger partial charge in [0.1, 0.15) is 5.82 Å². The van der Waals surface area contributed by atoms with Crippen molar-refractivity contribution in [3.8, 4) is 0 Å². The topological polar surface area (TPSA) is 24.9 Å². The lowest BCUT2D eigenvalue weighted by molar-refractivity contribution is 0.376. The smallest absolute Gasteiger partial charge is 0.146 e. The van der Waals surface area contributed by atoms with E-state index in [1.807, 2.05) is 0 Å². The molecule has 0 aliphatic rings. The first kappa shape index (κ1) is 11.1. The van der Waals surface area contributed by atoms with Gasteiger partial charge in [0.2, 0.25) is 0 Å². The van der Waals surface area contributed by atoms with Crippen LogP contribution in [0.3, 0.4) is 0 Å². The van der Waals surface area contributed by atoms with Crippen molar-refractivity contribution < 1.29 is 4.39 Å². The van der Waals surface area contributed by atoms with Gasteiger partial charge in [0.15, 0.2) is 0 Å². The number of nitrogens with zero attached hydrogens (tertiary/aromatic N) is 1. The van der Waals surface area contributed by atoms with Crippen molar-refractivity contribution in [2.24, 2.45) is 5.41 Å². The van der Waals surface area contributed by atoms with Gasteiger partial charge in [-0.3, -0.25) is 4.98 Å². The van der Waals surface area contributed by atoms with E-state index < -0.39 is 0 Å². The maximum atomic E-state index is 13.1. The summed E-state index contributed by atoms with van der Waals surface area (Å²) in [4.78, 5) is 3.96. The molecule has 1 aromatic rings. The van der Waals surface area contributed by atoms with Gasteiger partial charge in [-0.1, -0.05) is 20.8 Å². The van der Waals surface area contributed by atoms with Crippen LogP contribution in [0.25, 0.3) is 0 Å². The Labute approximate surface area is 84.6 Å². The zero-order valence-electron chi connectivity index (χ0n) is 8.97. The number of hydrogen-bond donors (Lipinski definition) is 1. The van der Waals surface area contributed by atoms with Crippen molar-refractivity contribution in [3.63, 3.8) is 0 Å². The summed E-state index contributed by atoms with van der Waals surface area (Å²) in [6.45, 7) is 7.74. The Kier molecular flexibility index (Phi) is 3.58. The van der Waals surface area contributed by atoms with Crippen molar-refractivity contribution in [1.29, 1.82) is 0 Å². The molecule has 0 radical (unpaired) electrons. The van der Waals surface area contributed by atoms with E-state index in [0.717, 1.165) is 6.54 Å². The molecule has 0 atom stereocenters. The highest BCUT2D eigenvalue weighted by molar-refractivity contribution is 5.06. The molecule has 0 fully saturated rings. The van der Waals surface area contributed by atoms with E-state index in [2.05, 4.69) is 31.1 Å². The minimum atomic E-state index is -0.242. The van der Waals surface area contributed by atoms with E-state index >= 15 is 0 Å². The van der Waals surface area contributed by atoms with Crippen LogP contribution in [0.15, 0.2) is 18.3 Å². The molecule has 0 amide bonds. The summed E-state index contributed by atoms with van der Waals surface area (Å²) in [7, 11) is 0. The second kappa shape index (κ2) is 4.51. The van der Waals surface area contributed by atoms with Crippen LogP contribution in [-0.4, -0.2) is 11.5 Å². The predicted molar refractivity (Wildman–Crippen MR) is 55.4 cm³/mol. The average Bonchev–Trinajstić information content (AvgIpc) is 2.06. The van der Waals surface area contributed by atoms with Gasteiger partial charge in [-0.05, 0) is 17.5 Å². The molecule has 14 heavy (non-hydrogen) atoms. The molecule has 0 saturated heterocycles. The SMILES string of the molecule is CC(C)(C)CNCc1ncccc1F. The Morgan fingerprint density at radius 1 is 1.43 bits per heavy atom. The fraction of sp³-hybridized carbons (Fsp3) is 0.545. The van der Waals surface area contributed by atoms with E-state index in [1.54, 1.807) is 12.3 Å². The van der Waals surface area contributed by atoms with Gasteiger partial charge in [0.05, 0.1) is 5.69 Å². The van der Waals surface area contributed by atoms with Crippen molar-refractivity contribution >= 4 is 0 Å². The molecule has 0 aliphatic heterocycles. The van der Waals surface area contributed by atoms with Crippen molar-refractivity contribution in [2.75, 3.05) is 6.54 Å². The molecule has 1 heterocycles. The van der Waals surface area contributed by atoms with Crippen LogP contribution in [0.4, 0.5) is 4.39 Å². The molecule has 0 bridgehead atoms. The van der Waals surface area contributed by atoms with Gasteiger partial charge in [-0.15, -0.1) is 0 Å². The molecule has 1 N–H and O–H groups in total. The van der Waals surface area contributed by atoms with Crippen LogP contribution in [0.5, 0.6) is 0 Å². The number of hydrogen-bond acceptors (Lipinski definition) is 2. The summed E-state index contributed by atoms with van der Waals surface area (Å²) in [6, 6.07) is 3.03. The minimum absolute atomic E-state index is 0.214. The summed E-state index contributed by atoms with van der Waals surface area (Å²) < 4.78 is 13.1. The van der Waals surface area contributed by atoms with Crippen LogP contribution in [0.1, 0.15) is 26.5 Å². The molecule has 1 rings (SSSR count). The fourth-order valence-corrected chi connectivity index (χ4v) is 1.10. The zero-order chi connectivity index (χ0) is 10.6. The first-order valence-electron chi connectivity index (χ1n) is 4.79. The Morgan fingerprint density at radius 2 is 2.14 bits per heavy atom. The van der Waals surface area contributed by atoms with Crippen LogP contribution in [0, 0.1) is 11.2 Å². The zero-order valence-corrected chi connectivity index (χ0v) is 8.97. The first-order chi connectivity index (χ1) is 6.49. The van der Waals surface area contributed by atoms with Gasteiger partial charge in [-0.25, -0.2) is 4.39 Å². The average molecular weight is 196 g/mol. The molecule has 0 spiro atoms. The third kappa shape index (κ3) is 3.83. The van der Waals surface area contributed by atoms with Crippen LogP contribution < -0.4 is 5.32 Å². The van der Waals surface area contributed by atoms with Gasteiger partial charge in [0, 0.05) is 19.3 Å². The lowest BCUT2D eigenvalue weighted by Gasteiger charge is -2.18. The highest BCUT2D eigenvalue weighted by atomic mass is 19.1. The summed E-state index contributed by atoms with van der Waals surface area (Å²) >= 11 is 0. The minimum Gasteiger partial charge on any atom is -0.311 e. The predicted octanol–water partition coefficient (Wildman–Crippen LogP) is 2.36. The summed E-state index contributed by atoms with van der Waals surface area (Å²) in [6.07, 6.45) is 1.61.